The van der Waals surface area contributed by atoms with Crippen LogP contribution in [0.1, 0.15) is 68.1 Å². The van der Waals surface area contributed by atoms with Crippen LogP contribution < -0.4 is 5.32 Å². The van der Waals surface area contributed by atoms with Gasteiger partial charge in [0.25, 0.3) is 0 Å². The van der Waals surface area contributed by atoms with E-state index in [2.05, 4.69) is 29.1 Å². The number of fused-ring (bicyclic) bond motifs is 2. The fourth-order valence-electron chi connectivity index (χ4n) is 6.47. The van der Waals surface area contributed by atoms with Gasteiger partial charge in [-0.2, -0.15) is 11.3 Å². The Morgan fingerprint density at radius 2 is 2.03 bits per heavy atom. The summed E-state index contributed by atoms with van der Waals surface area (Å²) in [5, 5.41) is 29.8. The van der Waals surface area contributed by atoms with Gasteiger partial charge in [0.2, 0.25) is 5.91 Å². The third kappa shape index (κ3) is 4.26. The zero-order valence-electron chi connectivity index (χ0n) is 20.5. The molecule has 7 heteroatoms. The van der Waals surface area contributed by atoms with E-state index in [1.165, 1.54) is 4.88 Å². The highest BCUT2D eigenvalue weighted by Gasteiger charge is 2.59. The van der Waals surface area contributed by atoms with Crippen molar-refractivity contribution < 1.29 is 15.0 Å². The molecule has 3 N–H and O–H groups in total. The maximum absolute atomic E-state index is 13.4. The first-order chi connectivity index (χ1) is 16.8. The fraction of sp³-hybridized carbons (Fsp3) is 0.500. The molecule has 1 aromatic carbocycles. The quantitative estimate of drug-likeness (QED) is 0.406. The summed E-state index contributed by atoms with van der Waals surface area (Å²) in [5.41, 5.74) is 2.39. The third-order valence-corrected chi connectivity index (χ3v) is 10.6. The zero-order chi connectivity index (χ0) is 24.8. The number of nitrogens with one attached hydrogen (secondary N) is 1. The zero-order valence-corrected chi connectivity index (χ0v) is 22.2. The molecule has 2 aliphatic rings. The molecule has 0 aliphatic heterocycles. The van der Waals surface area contributed by atoms with Gasteiger partial charge in [-0.05, 0) is 54.5 Å². The molecular formula is C28H34N2O3S2. The topological polar surface area (TPSA) is 82.5 Å². The van der Waals surface area contributed by atoms with Gasteiger partial charge in [-0.25, -0.2) is 4.98 Å². The standard InChI is InChI=1S/C28H34N2O3S2/c1-17(18-7-5-4-6-8-18)29-24(33)13-20-25-21(35-26(30-25)19-10-12-34-15-19)14-22-27(20,2)11-9-23(32)28(22,3)16-31/h4-8,10,12,15,17,20,22-23,31-32H,9,11,13-14,16H2,1-3H3,(H,29,33). The van der Waals surface area contributed by atoms with E-state index in [1.807, 2.05) is 44.2 Å². The molecule has 0 bridgehead atoms. The largest absolute Gasteiger partial charge is 0.396 e. The number of rotatable bonds is 6. The lowest BCUT2D eigenvalue weighted by atomic mass is 9.47. The van der Waals surface area contributed by atoms with E-state index >= 15 is 0 Å². The maximum Gasteiger partial charge on any atom is 0.221 e. The summed E-state index contributed by atoms with van der Waals surface area (Å²) in [6.45, 7) is 6.22. The van der Waals surface area contributed by atoms with Crippen molar-refractivity contribution in [1.82, 2.24) is 10.3 Å². The Kier molecular flexibility index (Phi) is 6.64. The van der Waals surface area contributed by atoms with Gasteiger partial charge < -0.3 is 15.5 Å². The smallest absolute Gasteiger partial charge is 0.221 e. The highest BCUT2D eigenvalue weighted by molar-refractivity contribution is 7.15. The fourth-order valence-corrected chi connectivity index (χ4v) is 8.35. The first-order valence-electron chi connectivity index (χ1n) is 12.4. The van der Waals surface area contributed by atoms with Gasteiger partial charge in [-0.1, -0.05) is 44.2 Å². The molecule has 0 spiro atoms. The van der Waals surface area contributed by atoms with Crippen LogP contribution in [-0.2, 0) is 11.2 Å². The Morgan fingerprint density at radius 1 is 1.26 bits per heavy atom. The molecule has 2 aromatic heterocycles. The van der Waals surface area contributed by atoms with Gasteiger partial charge in [0, 0.05) is 33.6 Å². The van der Waals surface area contributed by atoms with Gasteiger partial charge in [0.1, 0.15) is 5.01 Å². The van der Waals surface area contributed by atoms with Gasteiger partial charge in [-0.3, -0.25) is 4.79 Å². The van der Waals surface area contributed by atoms with Crippen LogP contribution in [0.3, 0.4) is 0 Å². The summed E-state index contributed by atoms with van der Waals surface area (Å²) in [7, 11) is 0. The van der Waals surface area contributed by atoms with Crippen molar-refractivity contribution in [1.29, 1.82) is 0 Å². The number of nitrogens with zero attached hydrogens (tertiary/aromatic N) is 1. The monoisotopic (exact) mass is 510 g/mol. The van der Waals surface area contributed by atoms with Gasteiger partial charge in [-0.15, -0.1) is 11.3 Å². The summed E-state index contributed by atoms with van der Waals surface area (Å²) in [6, 6.07) is 12.0. The van der Waals surface area contributed by atoms with Crippen LogP contribution in [0.2, 0.25) is 0 Å². The highest BCUT2D eigenvalue weighted by atomic mass is 32.1. The Bertz CT molecular complexity index is 1180. The van der Waals surface area contributed by atoms with E-state index in [0.29, 0.717) is 12.8 Å². The highest BCUT2D eigenvalue weighted by Crippen LogP contribution is 2.63. The Balaban J connectivity index is 1.50. The number of aromatic nitrogens is 1. The van der Waals surface area contributed by atoms with Crippen molar-refractivity contribution in [2.24, 2.45) is 16.7 Å². The van der Waals surface area contributed by atoms with Crippen molar-refractivity contribution >= 4 is 28.6 Å². The molecule has 1 fully saturated rings. The van der Waals surface area contributed by atoms with Crippen LogP contribution in [0, 0.1) is 16.7 Å². The number of hydrogen-bond acceptors (Lipinski definition) is 6. The first-order valence-corrected chi connectivity index (χ1v) is 14.2. The number of aliphatic hydroxyl groups excluding tert-OH is 2. The molecule has 6 atom stereocenters. The minimum Gasteiger partial charge on any atom is -0.396 e. The summed E-state index contributed by atoms with van der Waals surface area (Å²) < 4.78 is 0. The Hall–Kier alpha value is -2.06. The van der Waals surface area contributed by atoms with E-state index in [9.17, 15) is 15.0 Å². The minimum atomic E-state index is -0.608. The van der Waals surface area contributed by atoms with Crippen molar-refractivity contribution in [2.75, 3.05) is 6.61 Å². The number of amides is 1. The van der Waals surface area contributed by atoms with Crippen LogP contribution in [-0.4, -0.2) is 33.8 Å². The number of benzene rings is 1. The average Bonchev–Trinajstić information content (AvgIpc) is 3.53. The lowest BCUT2D eigenvalue weighted by Crippen LogP contribution is -2.57. The van der Waals surface area contributed by atoms with E-state index in [-0.39, 0.29) is 35.8 Å². The number of aliphatic hydroxyl groups is 2. The molecule has 1 amide bonds. The summed E-state index contributed by atoms with van der Waals surface area (Å²) in [6.07, 6.45) is 2.01. The molecule has 2 heterocycles. The molecule has 186 valence electrons. The summed E-state index contributed by atoms with van der Waals surface area (Å²) >= 11 is 3.36. The van der Waals surface area contributed by atoms with Crippen LogP contribution in [0.5, 0.6) is 0 Å². The predicted octanol–water partition coefficient (Wildman–Crippen LogP) is 5.55. The van der Waals surface area contributed by atoms with Crippen LogP contribution in [0.25, 0.3) is 10.6 Å². The number of thiazole rings is 1. The van der Waals surface area contributed by atoms with Crippen molar-refractivity contribution in [2.45, 2.75) is 64.5 Å². The van der Waals surface area contributed by atoms with Crippen LogP contribution >= 0.6 is 22.7 Å². The van der Waals surface area contributed by atoms with E-state index < -0.39 is 11.5 Å². The molecule has 2 aliphatic carbocycles. The second-order valence-electron chi connectivity index (χ2n) is 10.8. The van der Waals surface area contributed by atoms with E-state index in [4.69, 9.17) is 4.98 Å². The molecule has 0 saturated heterocycles. The molecule has 5 nitrogen and oxygen atoms in total. The van der Waals surface area contributed by atoms with Gasteiger partial charge >= 0.3 is 0 Å². The third-order valence-electron chi connectivity index (χ3n) is 8.73. The molecular weight excluding hydrogens is 476 g/mol. The van der Waals surface area contributed by atoms with Gasteiger partial charge in [0.05, 0.1) is 24.4 Å². The first kappa shape index (κ1) is 24.6. The number of carbonyl (C=O) groups is 1. The van der Waals surface area contributed by atoms with E-state index in [0.717, 1.165) is 34.7 Å². The number of carbonyl (C=O) groups excluding carboxylic acids is 1. The van der Waals surface area contributed by atoms with Crippen molar-refractivity contribution in [3.63, 3.8) is 0 Å². The lowest BCUT2D eigenvalue weighted by Gasteiger charge is -2.58. The minimum absolute atomic E-state index is 0.0149. The lowest BCUT2D eigenvalue weighted by molar-refractivity contribution is -0.144. The Labute approximate surface area is 215 Å². The molecule has 3 aromatic rings. The Morgan fingerprint density at radius 3 is 2.71 bits per heavy atom. The number of thiophene rings is 1. The summed E-state index contributed by atoms with van der Waals surface area (Å²) in [5.74, 6) is 0.0127. The molecule has 0 radical (unpaired) electrons. The second kappa shape index (κ2) is 9.43. The maximum atomic E-state index is 13.4. The van der Waals surface area contributed by atoms with Crippen LogP contribution in [0.15, 0.2) is 47.2 Å². The van der Waals surface area contributed by atoms with E-state index in [1.54, 1.807) is 22.7 Å². The number of hydrogen-bond donors (Lipinski definition) is 3. The molecule has 35 heavy (non-hydrogen) atoms. The van der Waals surface area contributed by atoms with Crippen molar-refractivity contribution in [3.05, 3.63) is 63.3 Å². The average molecular weight is 511 g/mol. The summed E-state index contributed by atoms with van der Waals surface area (Å²) in [4.78, 5) is 19.7. The van der Waals surface area contributed by atoms with Crippen molar-refractivity contribution in [3.8, 4) is 10.6 Å². The van der Waals surface area contributed by atoms with Gasteiger partial charge in [0.15, 0.2) is 0 Å². The molecule has 6 unspecified atom stereocenters. The molecule has 5 rings (SSSR count). The SMILES string of the molecule is CC(NC(=O)CC1c2nc(-c3ccsc3)sc2CC2C(C)(CO)C(O)CCC12C)c1ccccc1. The predicted molar refractivity (Wildman–Crippen MR) is 142 cm³/mol. The van der Waals surface area contributed by atoms with Crippen LogP contribution in [0.4, 0.5) is 0 Å². The molecule has 1 saturated carbocycles. The second-order valence-corrected chi connectivity index (χ2v) is 12.6. The normalized spacial score (nSPS) is 30.8.